The molecule has 1 spiro atoms. The number of nitrogens with zero attached hydrogens (tertiary/aromatic N) is 2. The number of hydrogen-bond acceptors (Lipinski definition) is 3. The third-order valence-corrected chi connectivity index (χ3v) is 7.70. The summed E-state index contributed by atoms with van der Waals surface area (Å²) in [5.41, 5.74) is 1.66. The zero-order chi connectivity index (χ0) is 19.5. The van der Waals surface area contributed by atoms with E-state index >= 15 is 0 Å². The summed E-state index contributed by atoms with van der Waals surface area (Å²) in [7, 11) is -3.49. The maximum Gasteiger partial charge on any atom is 0.301 e. The van der Waals surface area contributed by atoms with E-state index in [4.69, 9.17) is 0 Å². The average Bonchev–Trinajstić information content (AvgIpc) is 2.93. The summed E-state index contributed by atoms with van der Waals surface area (Å²) in [6, 6.07) is 10.4. The summed E-state index contributed by atoms with van der Waals surface area (Å²) in [5.74, 6) is 0. The van der Waals surface area contributed by atoms with Crippen LogP contribution >= 0.6 is 22.6 Å². The number of likely N-dealkylation sites (tertiary alicyclic amines) is 1. The molecular formula is C20H26IN3O2S. The van der Waals surface area contributed by atoms with Gasteiger partial charge in [-0.15, -0.1) is 0 Å². The minimum absolute atomic E-state index is 0.365. The number of benzene rings is 1. The van der Waals surface area contributed by atoms with Crippen molar-refractivity contribution in [2.24, 2.45) is 0 Å². The van der Waals surface area contributed by atoms with Crippen LogP contribution in [-0.4, -0.2) is 42.8 Å². The normalized spacial score (nSPS) is 23.0. The van der Waals surface area contributed by atoms with E-state index in [1.54, 1.807) is 6.08 Å². The third-order valence-electron chi connectivity index (χ3n) is 5.22. The summed E-state index contributed by atoms with van der Waals surface area (Å²) < 4.78 is 30.8. The van der Waals surface area contributed by atoms with Crippen LogP contribution in [0.4, 0.5) is 0 Å². The Morgan fingerprint density at radius 2 is 1.93 bits per heavy atom. The Labute approximate surface area is 176 Å². The highest BCUT2D eigenvalue weighted by Gasteiger charge is 2.48. The zero-order valence-corrected chi connectivity index (χ0v) is 18.5. The van der Waals surface area contributed by atoms with Gasteiger partial charge in [0.2, 0.25) is 0 Å². The summed E-state index contributed by atoms with van der Waals surface area (Å²) in [5, 5.41) is 0. The van der Waals surface area contributed by atoms with E-state index in [1.807, 2.05) is 25.1 Å². The van der Waals surface area contributed by atoms with Gasteiger partial charge in [-0.05, 0) is 60.1 Å². The first-order chi connectivity index (χ1) is 12.8. The van der Waals surface area contributed by atoms with Crippen molar-refractivity contribution in [1.29, 1.82) is 0 Å². The molecule has 27 heavy (non-hydrogen) atoms. The van der Waals surface area contributed by atoms with Gasteiger partial charge < -0.3 is 0 Å². The lowest BCUT2D eigenvalue weighted by Crippen LogP contribution is -2.52. The predicted molar refractivity (Wildman–Crippen MR) is 119 cm³/mol. The Morgan fingerprint density at radius 3 is 2.56 bits per heavy atom. The Morgan fingerprint density at radius 1 is 1.26 bits per heavy atom. The molecule has 146 valence electrons. The van der Waals surface area contributed by atoms with E-state index in [0.717, 1.165) is 41.8 Å². The van der Waals surface area contributed by atoms with E-state index in [1.165, 1.54) is 9.87 Å². The Hall–Kier alpha value is -1.16. The quantitative estimate of drug-likeness (QED) is 0.498. The molecule has 0 amide bonds. The van der Waals surface area contributed by atoms with Crippen LogP contribution in [0.3, 0.4) is 0 Å². The Balaban J connectivity index is 1.66. The SMILES string of the molecule is C=C/C(I)=C\C=C(/C)N1CC2(CCN(Cc3ccccc3)CC2)NS1(=O)=O. The Kier molecular flexibility index (Phi) is 6.45. The molecule has 0 aromatic heterocycles. The van der Waals surface area contributed by atoms with E-state index in [2.05, 4.69) is 63.1 Å². The molecule has 2 aliphatic rings. The van der Waals surface area contributed by atoms with E-state index in [0.29, 0.717) is 6.54 Å². The number of nitrogens with one attached hydrogen (secondary N) is 1. The van der Waals surface area contributed by atoms with Gasteiger partial charge in [-0.25, -0.2) is 0 Å². The molecule has 0 radical (unpaired) electrons. The van der Waals surface area contributed by atoms with Crippen LogP contribution in [0.15, 0.2) is 64.4 Å². The summed E-state index contributed by atoms with van der Waals surface area (Å²) >= 11 is 2.17. The fourth-order valence-corrected chi connectivity index (χ4v) is 5.59. The molecule has 0 atom stereocenters. The second-order valence-corrected chi connectivity index (χ2v) is 10.1. The second kappa shape index (κ2) is 8.46. The molecule has 2 aliphatic heterocycles. The van der Waals surface area contributed by atoms with Gasteiger partial charge >= 0.3 is 10.2 Å². The lowest BCUT2D eigenvalue weighted by molar-refractivity contribution is 0.146. The smallest absolute Gasteiger partial charge is 0.299 e. The lowest BCUT2D eigenvalue weighted by atomic mass is 9.88. The fourth-order valence-electron chi connectivity index (χ4n) is 3.63. The lowest BCUT2D eigenvalue weighted by Gasteiger charge is -2.38. The molecule has 0 bridgehead atoms. The Bertz CT molecular complexity index is 841. The maximum absolute atomic E-state index is 12.7. The summed E-state index contributed by atoms with van der Waals surface area (Å²) in [4.78, 5) is 2.40. The van der Waals surface area contributed by atoms with Crippen molar-refractivity contribution in [2.45, 2.75) is 31.8 Å². The standard InChI is InChI=1S/C20H26IN3O2S/c1-3-19(21)10-9-17(2)24-16-20(22-27(24,25)26)11-13-23(14-12-20)15-18-7-5-4-6-8-18/h3-10,22H,1,11-16H2,2H3/b17-9+,19-10+. The van der Waals surface area contributed by atoms with E-state index in [-0.39, 0.29) is 5.54 Å². The van der Waals surface area contributed by atoms with Crippen molar-refractivity contribution in [2.75, 3.05) is 19.6 Å². The van der Waals surface area contributed by atoms with Gasteiger partial charge in [-0.3, -0.25) is 9.21 Å². The first kappa shape index (κ1) is 20.6. The monoisotopic (exact) mass is 499 g/mol. The van der Waals surface area contributed by atoms with Gasteiger partial charge in [0.25, 0.3) is 0 Å². The van der Waals surface area contributed by atoms with Crippen molar-refractivity contribution in [3.63, 3.8) is 0 Å². The van der Waals surface area contributed by atoms with Gasteiger partial charge in [0, 0.05) is 28.9 Å². The summed E-state index contributed by atoms with van der Waals surface area (Å²) in [6.45, 7) is 8.75. The maximum atomic E-state index is 12.7. The van der Waals surface area contributed by atoms with Crippen LogP contribution in [0.2, 0.25) is 0 Å². The molecular weight excluding hydrogens is 473 g/mol. The summed E-state index contributed by atoms with van der Waals surface area (Å²) in [6.07, 6.45) is 7.11. The largest absolute Gasteiger partial charge is 0.301 e. The predicted octanol–water partition coefficient (Wildman–Crippen LogP) is 3.58. The second-order valence-electron chi connectivity index (χ2n) is 7.22. The van der Waals surface area contributed by atoms with Gasteiger partial charge in [0.1, 0.15) is 0 Å². The van der Waals surface area contributed by atoms with Gasteiger partial charge in [-0.2, -0.15) is 13.1 Å². The van der Waals surface area contributed by atoms with Crippen LogP contribution in [0.5, 0.6) is 0 Å². The highest BCUT2D eigenvalue weighted by Crippen LogP contribution is 2.33. The molecule has 0 unspecified atom stereocenters. The number of halogens is 1. The molecule has 5 nitrogen and oxygen atoms in total. The minimum Gasteiger partial charge on any atom is -0.299 e. The minimum atomic E-state index is -3.49. The van der Waals surface area contributed by atoms with Crippen LogP contribution in [-0.2, 0) is 16.8 Å². The van der Waals surface area contributed by atoms with Gasteiger partial charge in [0.15, 0.2) is 0 Å². The van der Waals surface area contributed by atoms with Crippen molar-refractivity contribution in [3.05, 3.63) is 70.0 Å². The molecule has 2 fully saturated rings. The molecule has 1 aromatic carbocycles. The number of hydrogen-bond donors (Lipinski definition) is 1. The van der Waals surface area contributed by atoms with Crippen molar-refractivity contribution >= 4 is 32.8 Å². The van der Waals surface area contributed by atoms with Crippen molar-refractivity contribution in [3.8, 4) is 0 Å². The van der Waals surface area contributed by atoms with Crippen LogP contribution in [0.1, 0.15) is 25.3 Å². The molecule has 0 saturated carbocycles. The van der Waals surface area contributed by atoms with E-state index in [9.17, 15) is 8.42 Å². The first-order valence-corrected chi connectivity index (χ1v) is 11.6. The van der Waals surface area contributed by atoms with Gasteiger partial charge in [0.05, 0.1) is 12.1 Å². The fraction of sp³-hybridized carbons (Fsp3) is 0.400. The number of piperidine rings is 1. The van der Waals surface area contributed by atoms with Gasteiger partial charge in [-0.1, -0.05) is 43.0 Å². The molecule has 7 heteroatoms. The molecule has 3 rings (SSSR count). The number of allylic oxidation sites excluding steroid dienone is 5. The van der Waals surface area contributed by atoms with Crippen molar-refractivity contribution < 1.29 is 8.42 Å². The average molecular weight is 499 g/mol. The third kappa shape index (κ3) is 5.01. The van der Waals surface area contributed by atoms with Crippen LogP contribution < -0.4 is 4.72 Å². The highest BCUT2D eigenvalue weighted by molar-refractivity contribution is 14.1. The van der Waals surface area contributed by atoms with E-state index < -0.39 is 10.2 Å². The van der Waals surface area contributed by atoms with Crippen LogP contribution in [0.25, 0.3) is 0 Å². The number of rotatable bonds is 5. The molecule has 2 heterocycles. The zero-order valence-electron chi connectivity index (χ0n) is 15.6. The topological polar surface area (TPSA) is 52.6 Å². The highest BCUT2D eigenvalue weighted by atomic mass is 127. The van der Waals surface area contributed by atoms with Crippen molar-refractivity contribution in [1.82, 2.24) is 13.9 Å². The molecule has 1 aromatic rings. The molecule has 2 saturated heterocycles. The molecule has 0 aliphatic carbocycles. The van der Waals surface area contributed by atoms with Crippen LogP contribution in [0, 0.1) is 0 Å². The molecule has 1 N–H and O–H groups in total. The first-order valence-electron chi connectivity index (χ1n) is 9.08.